The average molecular weight is 249 g/mol. The maximum absolute atomic E-state index is 12.3. The van der Waals surface area contributed by atoms with Crippen molar-refractivity contribution in [3.8, 4) is 0 Å². The summed E-state index contributed by atoms with van der Waals surface area (Å²) in [6.45, 7) is 6.86. The fourth-order valence-corrected chi connectivity index (χ4v) is 1.41. The van der Waals surface area contributed by atoms with Crippen LogP contribution in [0, 0.1) is 5.41 Å². The van der Waals surface area contributed by atoms with Crippen molar-refractivity contribution < 1.29 is 18.3 Å². The Kier molecular flexibility index (Phi) is 3.91. The van der Waals surface area contributed by atoms with Crippen molar-refractivity contribution >= 4 is 0 Å². The van der Waals surface area contributed by atoms with Crippen LogP contribution < -0.4 is 0 Å². The Labute approximate surface area is 99.1 Å². The van der Waals surface area contributed by atoms with Crippen LogP contribution in [0.2, 0.25) is 0 Å². The second-order valence-corrected chi connectivity index (χ2v) is 5.44. The molecule has 0 saturated carbocycles. The number of hydrogen-bond acceptors (Lipinski definition) is 1. The summed E-state index contributed by atoms with van der Waals surface area (Å²) in [5.74, 6) is 0. The molecule has 0 bridgehead atoms. The van der Waals surface area contributed by atoms with Crippen molar-refractivity contribution in [1.29, 1.82) is 0 Å². The van der Waals surface area contributed by atoms with E-state index in [0.29, 0.717) is 6.54 Å². The molecule has 5 heteroatoms. The van der Waals surface area contributed by atoms with Crippen LogP contribution in [0.25, 0.3) is 0 Å². The normalized spacial score (nSPS) is 15.0. The van der Waals surface area contributed by atoms with Gasteiger partial charge in [-0.3, -0.25) is 0 Å². The maximum atomic E-state index is 12.3. The van der Waals surface area contributed by atoms with Gasteiger partial charge < -0.3 is 9.67 Å². The first-order valence-electron chi connectivity index (χ1n) is 5.50. The molecule has 1 rings (SSSR count). The highest BCUT2D eigenvalue weighted by molar-refractivity contribution is 5.15. The average Bonchev–Trinajstić information content (AvgIpc) is 2.59. The topological polar surface area (TPSA) is 25.2 Å². The molecule has 2 nitrogen and oxygen atoms in total. The molecule has 0 aromatic carbocycles. The molecule has 0 amide bonds. The number of alkyl halides is 3. The summed E-state index contributed by atoms with van der Waals surface area (Å²) >= 11 is 0. The van der Waals surface area contributed by atoms with Crippen LogP contribution in [0.3, 0.4) is 0 Å². The van der Waals surface area contributed by atoms with Crippen molar-refractivity contribution in [2.24, 2.45) is 5.41 Å². The van der Waals surface area contributed by atoms with Gasteiger partial charge in [0.25, 0.3) is 0 Å². The zero-order valence-corrected chi connectivity index (χ0v) is 10.3. The first kappa shape index (κ1) is 14.1. The molecule has 0 spiro atoms. The van der Waals surface area contributed by atoms with Gasteiger partial charge in [0.2, 0.25) is 0 Å². The largest absolute Gasteiger partial charge is 0.418 e. The highest BCUT2D eigenvalue weighted by atomic mass is 19.4. The van der Waals surface area contributed by atoms with Crippen molar-refractivity contribution in [2.75, 3.05) is 0 Å². The summed E-state index contributed by atoms with van der Waals surface area (Å²) in [6.07, 6.45) is -3.21. The number of aliphatic hydroxyl groups excluding tert-OH is 1. The van der Waals surface area contributed by atoms with E-state index in [1.807, 2.05) is 0 Å². The Morgan fingerprint density at radius 2 is 1.88 bits per heavy atom. The fourth-order valence-electron chi connectivity index (χ4n) is 1.41. The monoisotopic (exact) mass is 249 g/mol. The first-order chi connectivity index (χ1) is 7.59. The zero-order valence-electron chi connectivity index (χ0n) is 10.3. The predicted octanol–water partition coefficient (Wildman–Crippen LogP) is 3.52. The van der Waals surface area contributed by atoms with Crippen LogP contribution in [0.1, 0.15) is 38.9 Å². The standard InChI is InChI=1S/C12H18F3NO/c1-11(2,3)5-7-16-6-4-9(8-16)10(17)12(13,14)15/h4,6,8,10,17H,5,7H2,1-3H3. The molecule has 1 unspecified atom stereocenters. The van der Waals surface area contributed by atoms with Crippen molar-refractivity contribution in [3.63, 3.8) is 0 Å². The molecule has 98 valence electrons. The van der Waals surface area contributed by atoms with E-state index in [2.05, 4.69) is 20.8 Å². The second-order valence-electron chi connectivity index (χ2n) is 5.44. The molecular weight excluding hydrogens is 231 g/mol. The number of aliphatic hydroxyl groups is 1. The molecule has 0 radical (unpaired) electrons. The molecule has 0 fully saturated rings. The Morgan fingerprint density at radius 3 is 2.35 bits per heavy atom. The van der Waals surface area contributed by atoms with Crippen LogP contribution in [-0.4, -0.2) is 15.8 Å². The minimum atomic E-state index is -4.60. The predicted molar refractivity (Wildman–Crippen MR) is 59.5 cm³/mol. The van der Waals surface area contributed by atoms with Gasteiger partial charge in [-0.25, -0.2) is 0 Å². The SMILES string of the molecule is CC(C)(C)CCn1ccc(C(O)C(F)(F)F)c1. The molecule has 1 atom stereocenters. The molecule has 0 aliphatic rings. The van der Waals surface area contributed by atoms with Crippen molar-refractivity contribution in [2.45, 2.75) is 46.0 Å². The molecule has 17 heavy (non-hydrogen) atoms. The second kappa shape index (κ2) is 4.72. The third-order valence-corrected chi connectivity index (χ3v) is 2.52. The lowest BCUT2D eigenvalue weighted by molar-refractivity contribution is -0.206. The van der Waals surface area contributed by atoms with Gasteiger partial charge in [0.05, 0.1) is 0 Å². The Balaban J connectivity index is 2.66. The number of aromatic nitrogens is 1. The van der Waals surface area contributed by atoms with Crippen LogP contribution in [0.15, 0.2) is 18.5 Å². The van der Waals surface area contributed by atoms with E-state index in [9.17, 15) is 13.2 Å². The van der Waals surface area contributed by atoms with Gasteiger partial charge in [-0.15, -0.1) is 0 Å². The molecule has 1 aromatic heterocycles. The lowest BCUT2D eigenvalue weighted by Gasteiger charge is -2.18. The molecule has 1 heterocycles. The van der Waals surface area contributed by atoms with E-state index in [4.69, 9.17) is 5.11 Å². The number of hydrogen-bond donors (Lipinski definition) is 1. The van der Waals surface area contributed by atoms with E-state index in [1.54, 1.807) is 10.8 Å². The van der Waals surface area contributed by atoms with E-state index < -0.39 is 12.3 Å². The molecule has 0 aliphatic heterocycles. The van der Waals surface area contributed by atoms with Crippen LogP contribution >= 0.6 is 0 Å². The minimum Gasteiger partial charge on any atom is -0.379 e. The van der Waals surface area contributed by atoms with Gasteiger partial charge in [-0.05, 0) is 17.9 Å². The number of rotatable bonds is 3. The minimum absolute atomic E-state index is 0.105. The van der Waals surface area contributed by atoms with Gasteiger partial charge in [0.15, 0.2) is 6.10 Å². The number of aryl methyl sites for hydroxylation is 1. The van der Waals surface area contributed by atoms with Gasteiger partial charge in [0.1, 0.15) is 0 Å². The first-order valence-corrected chi connectivity index (χ1v) is 5.50. The summed E-state index contributed by atoms with van der Waals surface area (Å²) in [5, 5.41) is 9.06. The Morgan fingerprint density at radius 1 is 1.29 bits per heavy atom. The van der Waals surface area contributed by atoms with E-state index >= 15 is 0 Å². The highest BCUT2D eigenvalue weighted by Gasteiger charge is 2.39. The van der Waals surface area contributed by atoms with Gasteiger partial charge in [-0.2, -0.15) is 13.2 Å². The van der Waals surface area contributed by atoms with Gasteiger partial charge in [0, 0.05) is 24.5 Å². The van der Waals surface area contributed by atoms with E-state index in [-0.39, 0.29) is 11.0 Å². The van der Waals surface area contributed by atoms with Crippen LogP contribution in [0.4, 0.5) is 13.2 Å². The van der Waals surface area contributed by atoms with Crippen molar-refractivity contribution in [3.05, 3.63) is 24.0 Å². The molecule has 1 N–H and O–H groups in total. The summed E-state index contributed by atoms with van der Waals surface area (Å²) < 4.78 is 38.5. The summed E-state index contributed by atoms with van der Waals surface area (Å²) in [4.78, 5) is 0. The number of nitrogens with zero attached hydrogens (tertiary/aromatic N) is 1. The third-order valence-electron chi connectivity index (χ3n) is 2.52. The van der Waals surface area contributed by atoms with Gasteiger partial charge >= 0.3 is 6.18 Å². The quantitative estimate of drug-likeness (QED) is 0.871. The molecule has 0 saturated heterocycles. The molecule has 1 aromatic rings. The van der Waals surface area contributed by atoms with Crippen LogP contribution in [-0.2, 0) is 6.54 Å². The summed E-state index contributed by atoms with van der Waals surface area (Å²) in [6, 6.07) is 1.31. The molecule has 0 aliphatic carbocycles. The highest BCUT2D eigenvalue weighted by Crippen LogP contribution is 2.32. The maximum Gasteiger partial charge on any atom is 0.418 e. The number of halogens is 3. The van der Waals surface area contributed by atoms with Crippen molar-refractivity contribution in [1.82, 2.24) is 4.57 Å². The van der Waals surface area contributed by atoms with Crippen LogP contribution in [0.5, 0.6) is 0 Å². The molecular formula is C12H18F3NO. The van der Waals surface area contributed by atoms with Gasteiger partial charge in [-0.1, -0.05) is 20.8 Å². The van der Waals surface area contributed by atoms with E-state index in [0.717, 1.165) is 6.42 Å². The lowest BCUT2D eigenvalue weighted by Crippen LogP contribution is -2.19. The summed E-state index contributed by atoms with van der Waals surface area (Å²) in [5.41, 5.74) is 0.0268. The summed E-state index contributed by atoms with van der Waals surface area (Å²) in [7, 11) is 0. The third kappa shape index (κ3) is 4.42. The Hall–Kier alpha value is -0.970. The fraction of sp³-hybridized carbons (Fsp3) is 0.667. The zero-order chi connectivity index (χ0) is 13.3. The smallest absolute Gasteiger partial charge is 0.379 e. The lowest BCUT2D eigenvalue weighted by atomic mass is 9.92. The van der Waals surface area contributed by atoms with E-state index in [1.165, 1.54) is 12.3 Å². The Bertz CT molecular complexity index is 363.